The SMILES string of the molecule is COc1ccc(S(=O)(=O)N2CCC(CNCC(O)COc3cccc4c3CC(=O)N4)CC2)cc1. The number of ether oxygens (including phenoxy) is 2. The molecule has 1 amide bonds. The second-order valence-electron chi connectivity index (χ2n) is 8.65. The van der Waals surface area contributed by atoms with Crippen LogP contribution in [-0.2, 0) is 21.2 Å². The van der Waals surface area contributed by atoms with Crippen molar-refractivity contribution < 1.29 is 27.8 Å². The lowest BCUT2D eigenvalue weighted by Crippen LogP contribution is -2.42. The molecule has 2 aromatic rings. The number of fused-ring (bicyclic) bond motifs is 1. The third kappa shape index (κ3) is 5.69. The standard InChI is InChI=1S/C24H31N3O6S/c1-32-19-5-7-20(8-6-19)34(30,31)27-11-9-17(10-12-27)14-25-15-18(28)16-33-23-4-2-3-22-21(23)13-24(29)26-22/h2-8,17-18,25,28H,9-16H2,1H3,(H,26,29). The van der Waals surface area contributed by atoms with E-state index in [1.54, 1.807) is 37.4 Å². The number of methoxy groups -OCH3 is 1. The Morgan fingerprint density at radius 1 is 1.18 bits per heavy atom. The van der Waals surface area contributed by atoms with Gasteiger partial charge in [-0.3, -0.25) is 4.79 Å². The van der Waals surface area contributed by atoms with E-state index in [9.17, 15) is 18.3 Å². The molecule has 2 heterocycles. The minimum absolute atomic E-state index is 0.0592. The molecule has 2 aromatic carbocycles. The summed E-state index contributed by atoms with van der Waals surface area (Å²) in [5, 5.41) is 16.3. The molecular formula is C24H31N3O6S. The Kier molecular flexibility index (Phi) is 7.72. The molecule has 1 unspecified atom stereocenters. The van der Waals surface area contributed by atoms with Gasteiger partial charge in [-0.25, -0.2) is 8.42 Å². The molecule has 3 N–H and O–H groups in total. The zero-order valence-corrected chi connectivity index (χ0v) is 20.0. The third-order valence-electron chi connectivity index (χ3n) is 6.26. The maximum absolute atomic E-state index is 12.9. The molecule has 9 nitrogen and oxygen atoms in total. The number of aliphatic hydroxyl groups is 1. The van der Waals surface area contributed by atoms with Gasteiger partial charge in [-0.15, -0.1) is 0 Å². The highest BCUT2D eigenvalue weighted by Gasteiger charge is 2.29. The smallest absolute Gasteiger partial charge is 0.243 e. The zero-order valence-electron chi connectivity index (χ0n) is 19.2. The topological polar surface area (TPSA) is 117 Å². The van der Waals surface area contributed by atoms with Crippen LogP contribution >= 0.6 is 0 Å². The Morgan fingerprint density at radius 2 is 1.91 bits per heavy atom. The fourth-order valence-corrected chi connectivity index (χ4v) is 5.77. The maximum Gasteiger partial charge on any atom is 0.243 e. The van der Waals surface area contributed by atoms with Crippen LogP contribution in [0.1, 0.15) is 18.4 Å². The number of sulfonamides is 1. The van der Waals surface area contributed by atoms with E-state index in [0.717, 1.165) is 24.1 Å². The van der Waals surface area contributed by atoms with E-state index < -0.39 is 16.1 Å². The van der Waals surface area contributed by atoms with Gasteiger partial charge in [-0.1, -0.05) is 6.07 Å². The summed E-state index contributed by atoms with van der Waals surface area (Å²) in [6, 6.07) is 11.9. The second kappa shape index (κ2) is 10.7. The number of amides is 1. The molecule has 2 aliphatic rings. The number of anilines is 1. The fourth-order valence-electron chi connectivity index (χ4n) is 4.30. The van der Waals surface area contributed by atoms with Gasteiger partial charge in [0.15, 0.2) is 0 Å². The van der Waals surface area contributed by atoms with Crippen molar-refractivity contribution in [2.45, 2.75) is 30.3 Å². The van der Waals surface area contributed by atoms with E-state index in [1.165, 1.54) is 4.31 Å². The van der Waals surface area contributed by atoms with E-state index in [0.29, 0.717) is 43.6 Å². The molecule has 1 saturated heterocycles. The Bertz CT molecular complexity index is 1100. The first-order chi connectivity index (χ1) is 16.4. The van der Waals surface area contributed by atoms with E-state index >= 15 is 0 Å². The predicted molar refractivity (Wildman–Crippen MR) is 128 cm³/mol. The number of rotatable bonds is 10. The summed E-state index contributed by atoms with van der Waals surface area (Å²) in [6.45, 7) is 2.13. The molecule has 0 bridgehead atoms. The summed E-state index contributed by atoms with van der Waals surface area (Å²) in [4.78, 5) is 11.9. The highest BCUT2D eigenvalue weighted by Crippen LogP contribution is 2.31. The fraction of sp³-hybridized carbons (Fsp3) is 0.458. The van der Waals surface area contributed by atoms with Crippen molar-refractivity contribution in [1.82, 2.24) is 9.62 Å². The van der Waals surface area contributed by atoms with Crippen LogP contribution < -0.4 is 20.1 Å². The predicted octanol–water partition coefficient (Wildman–Crippen LogP) is 1.62. The Hall–Kier alpha value is -2.66. The zero-order chi connectivity index (χ0) is 24.1. The first-order valence-corrected chi connectivity index (χ1v) is 12.9. The van der Waals surface area contributed by atoms with Gasteiger partial charge < -0.3 is 25.2 Å². The van der Waals surface area contributed by atoms with Gasteiger partial charge in [0.05, 0.1) is 18.4 Å². The lowest BCUT2D eigenvalue weighted by molar-refractivity contribution is -0.115. The van der Waals surface area contributed by atoms with Crippen molar-refractivity contribution >= 4 is 21.6 Å². The Labute approximate surface area is 200 Å². The number of carbonyl (C=O) groups excluding carboxylic acids is 1. The quantitative estimate of drug-likeness (QED) is 0.464. The molecule has 4 rings (SSSR count). The van der Waals surface area contributed by atoms with Crippen molar-refractivity contribution in [3.05, 3.63) is 48.0 Å². The molecule has 0 aromatic heterocycles. The minimum atomic E-state index is -3.51. The molecule has 1 atom stereocenters. The summed E-state index contributed by atoms with van der Waals surface area (Å²) in [6.07, 6.45) is 1.10. The van der Waals surface area contributed by atoms with E-state index in [2.05, 4.69) is 10.6 Å². The molecule has 10 heteroatoms. The molecule has 34 heavy (non-hydrogen) atoms. The molecule has 2 aliphatic heterocycles. The number of piperidine rings is 1. The molecule has 0 saturated carbocycles. The highest BCUT2D eigenvalue weighted by atomic mass is 32.2. The summed E-state index contributed by atoms with van der Waals surface area (Å²) in [5.74, 6) is 1.51. The van der Waals surface area contributed by atoms with Gasteiger partial charge in [0.25, 0.3) is 0 Å². The Morgan fingerprint density at radius 3 is 2.62 bits per heavy atom. The molecule has 0 spiro atoms. The first kappa shape index (κ1) is 24.5. The van der Waals surface area contributed by atoms with Crippen LogP contribution in [0.15, 0.2) is 47.4 Å². The molecule has 1 fully saturated rings. The summed E-state index contributed by atoms with van der Waals surface area (Å²) in [7, 11) is -1.97. The number of carbonyl (C=O) groups is 1. The van der Waals surface area contributed by atoms with Crippen molar-refractivity contribution in [3.63, 3.8) is 0 Å². The monoisotopic (exact) mass is 489 g/mol. The number of nitrogens with one attached hydrogen (secondary N) is 2. The second-order valence-corrected chi connectivity index (χ2v) is 10.6. The third-order valence-corrected chi connectivity index (χ3v) is 8.17. The van der Waals surface area contributed by atoms with Crippen molar-refractivity contribution in [1.29, 1.82) is 0 Å². The average molecular weight is 490 g/mol. The summed E-state index contributed by atoms with van der Waals surface area (Å²) < 4.78 is 38.1. The summed E-state index contributed by atoms with van der Waals surface area (Å²) in [5.41, 5.74) is 1.58. The van der Waals surface area contributed by atoms with Gasteiger partial charge >= 0.3 is 0 Å². The van der Waals surface area contributed by atoms with Crippen LogP contribution in [0.25, 0.3) is 0 Å². The largest absolute Gasteiger partial charge is 0.497 e. The van der Waals surface area contributed by atoms with Gasteiger partial charge in [-0.2, -0.15) is 4.31 Å². The molecule has 0 radical (unpaired) electrons. The van der Waals surface area contributed by atoms with Gasteiger partial charge in [-0.05, 0) is 61.7 Å². The van der Waals surface area contributed by atoms with Gasteiger partial charge in [0.2, 0.25) is 15.9 Å². The Balaban J connectivity index is 1.18. The first-order valence-electron chi connectivity index (χ1n) is 11.4. The van der Waals surface area contributed by atoms with E-state index in [-0.39, 0.29) is 23.8 Å². The average Bonchev–Trinajstić information content (AvgIpc) is 3.24. The number of benzene rings is 2. The molecule has 184 valence electrons. The molecular weight excluding hydrogens is 458 g/mol. The van der Waals surface area contributed by atoms with Crippen LogP contribution in [0, 0.1) is 5.92 Å². The maximum atomic E-state index is 12.9. The van der Waals surface area contributed by atoms with Crippen molar-refractivity contribution in [2.24, 2.45) is 5.92 Å². The number of nitrogens with zero attached hydrogens (tertiary/aromatic N) is 1. The normalized spacial score (nSPS) is 17.8. The number of aliphatic hydroxyl groups excluding tert-OH is 1. The molecule has 0 aliphatic carbocycles. The highest BCUT2D eigenvalue weighted by molar-refractivity contribution is 7.89. The number of hydrogen-bond acceptors (Lipinski definition) is 7. The lowest BCUT2D eigenvalue weighted by atomic mass is 9.98. The van der Waals surface area contributed by atoms with Crippen LogP contribution in [0.2, 0.25) is 0 Å². The van der Waals surface area contributed by atoms with Gasteiger partial charge in [0.1, 0.15) is 24.2 Å². The van der Waals surface area contributed by atoms with Crippen molar-refractivity contribution in [3.8, 4) is 11.5 Å². The minimum Gasteiger partial charge on any atom is -0.497 e. The van der Waals surface area contributed by atoms with Crippen LogP contribution in [0.5, 0.6) is 11.5 Å². The lowest BCUT2D eigenvalue weighted by Gasteiger charge is -2.31. The van der Waals surface area contributed by atoms with E-state index in [4.69, 9.17) is 9.47 Å². The summed E-state index contributed by atoms with van der Waals surface area (Å²) >= 11 is 0. The van der Waals surface area contributed by atoms with Crippen molar-refractivity contribution in [2.75, 3.05) is 45.2 Å². The number of hydrogen-bond donors (Lipinski definition) is 3. The van der Waals surface area contributed by atoms with Crippen LogP contribution in [0.4, 0.5) is 5.69 Å². The van der Waals surface area contributed by atoms with Gasteiger partial charge in [0, 0.05) is 30.9 Å². The van der Waals surface area contributed by atoms with Crippen LogP contribution in [0.3, 0.4) is 0 Å². The van der Waals surface area contributed by atoms with Crippen LogP contribution in [-0.4, -0.2) is 69.7 Å². The van der Waals surface area contributed by atoms with E-state index in [1.807, 2.05) is 12.1 Å².